The first kappa shape index (κ1) is 9.76. The maximum absolute atomic E-state index is 12.6. The van der Waals surface area contributed by atoms with Crippen molar-refractivity contribution in [1.29, 1.82) is 0 Å². The fraction of sp³-hybridized carbons (Fsp3) is 0.286. The zero-order chi connectivity index (χ0) is 10.1. The molecule has 0 aliphatic heterocycles. The first-order valence-electron chi connectivity index (χ1n) is 3.22. The van der Waals surface area contributed by atoms with Gasteiger partial charge in [0, 0.05) is 6.20 Å². The van der Waals surface area contributed by atoms with Gasteiger partial charge in [0.25, 0.3) is 5.95 Å². The van der Waals surface area contributed by atoms with Crippen LogP contribution in [0.5, 0.6) is 5.75 Å². The fourth-order valence-electron chi connectivity index (χ4n) is 0.840. The largest absolute Gasteiger partial charge is 0.491 e. The molecular weight excluding hydrogens is 190 g/mol. The summed E-state index contributed by atoms with van der Waals surface area (Å²) in [4.78, 5) is 3.03. The maximum Gasteiger partial charge on any atom is 0.420 e. The predicted molar refractivity (Wildman–Crippen MR) is 35.7 cm³/mol. The highest BCUT2D eigenvalue weighted by Gasteiger charge is 2.35. The number of hydrogen-bond donors (Lipinski definition) is 0. The normalized spacial score (nSPS) is 11.5. The van der Waals surface area contributed by atoms with Gasteiger partial charge < -0.3 is 4.74 Å². The maximum atomic E-state index is 12.6. The van der Waals surface area contributed by atoms with E-state index in [2.05, 4.69) is 9.72 Å². The van der Waals surface area contributed by atoms with Gasteiger partial charge in [-0.25, -0.2) is 4.98 Å². The molecule has 0 bridgehead atoms. The summed E-state index contributed by atoms with van der Waals surface area (Å²) in [6.45, 7) is 0. The number of hydrogen-bond acceptors (Lipinski definition) is 2. The van der Waals surface area contributed by atoms with Gasteiger partial charge in [-0.05, 0) is 6.07 Å². The summed E-state index contributed by atoms with van der Waals surface area (Å²) >= 11 is 0. The molecule has 0 radical (unpaired) electrons. The lowest BCUT2D eigenvalue weighted by Gasteiger charge is -2.10. The van der Waals surface area contributed by atoms with Gasteiger partial charge in [0.05, 0.1) is 7.11 Å². The number of halogens is 4. The number of aromatic nitrogens is 1. The molecule has 0 aliphatic carbocycles. The van der Waals surface area contributed by atoms with Crippen LogP contribution in [0.2, 0.25) is 0 Å². The predicted octanol–water partition coefficient (Wildman–Crippen LogP) is 2.25. The second-order valence-electron chi connectivity index (χ2n) is 2.18. The van der Waals surface area contributed by atoms with Crippen LogP contribution in [0.15, 0.2) is 12.3 Å². The molecule has 0 fully saturated rings. The van der Waals surface area contributed by atoms with Gasteiger partial charge in [-0.3, -0.25) is 0 Å². The van der Waals surface area contributed by atoms with Gasteiger partial charge in [-0.2, -0.15) is 17.6 Å². The van der Waals surface area contributed by atoms with Crippen molar-refractivity contribution < 1.29 is 22.3 Å². The van der Waals surface area contributed by atoms with Gasteiger partial charge in [-0.15, -0.1) is 0 Å². The topological polar surface area (TPSA) is 22.1 Å². The summed E-state index contributed by atoms with van der Waals surface area (Å²) in [7, 11) is 0.954. The molecule has 1 aromatic rings. The van der Waals surface area contributed by atoms with Crippen LogP contribution < -0.4 is 4.74 Å². The van der Waals surface area contributed by atoms with Crippen molar-refractivity contribution in [2.75, 3.05) is 7.11 Å². The quantitative estimate of drug-likeness (QED) is 0.506. The Balaban J connectivity index is 3.29. The number of methoxy groups -OCH3 is 1. The summed E-state index contributed by atoms with van der Waals surface area (Å²) in [5.74, 6) is -2.15. The monoisotopic (exact) mass is 195 g/mol. The number of ether oxygens (including phenoxy) is 1. The zero-order valence-corrected chi connectivity index (χ0v) is 6.52. The van der Waals surface area contributed by atoms with Crippen LogP contribution in [-0.4, -0.2) is 12.1 Å². The SMILES string of the molecule is COc1c(C(F)(F)F)ccnc1F. The molecule has 1 rings (SSSR count). The Morgan fingerprint density at radius 2 is 2.00 bits per heavy atom. The smallest absolute Gasteiger partial charge is 0.420 e. The van der Waals surface area contributed by atoms with E-state index in [1.165, 1.54) is 0 Å². The van der Waals surface area contributed by atoms with E-state index in [4.69, 9.17) is 0 Å². The van der Waals surface area contributed by atoms with Crippen molar-refractivity contribution in [3.63, 3.8) is 0 Å². The lowest BCUT2D eigenvalue weighted by atomic mass is 10.2. The Hall–Kier alpha value is -1.33. The van der Waals surface area contributed by atoms with Crippen molar-refractivity contribution in [2.45, 2.75) is 6.18 Å². The molecular formula is C7H5F4NO. The minimum absolute atomic E-state index is 0.655. The second-order valence-corrected chi connectivity index (χ2v) is 2.18. The van der Waals surface area contributed by atoms with Crippen LogP contribution in [0.1, 0.15) is 5.56 Å². The molecule has 0 unspecified atom stereocenters. The van der Waals surface area contributed by atoms with Gasteiger partial charge in [0.2, 0.25) is 0 Å². The lowest BCUT2D eigenvalue weighted by Crippen LogP contribution is -2.09. The Bertz CT molecular complexity index is 310. The Morgan fingerprint density at radius 3 is 2.38 bits per heavy atom. The van der Waals surface area contributed by atoms with Crippen LogP contribution in [0.25, 0.3) is 0 Å². The van der Waals surface area contributed by atoms with Crippen LogP contribution in [0.3, 0.4) is 0 Å². The van der Waals surface area contributed by atoms with E-state index >= 15 is 0 Å². The summed E-state index contributed by atoms with van der Waals surface area (Å²) in [5, 5.41) is 0. The van der Waals surface area contributed by atoms with Gasteiger partial charge in [0.1, 0.15) is 5.56 Å². The molecule has 0 amide bonds. The number of pyridine rings is 1. The lowest BCUT2D eigenvalue weighted by molar-refractivity contribution is -0.139. The summed E-state index contributed by atoms with van der Waals surface area (Å²) in [6, 6.07) is 0.655. The third-order valence-corrected chi connectivity index (χ3v) is 1.37. The van der Waals surface area contributed by atoms with Crippen molar-refractivity contribution in [1.82, 2.24) is 4.98 Å². The standard InChI is InChI=1S/C7H5F4NO/c1-13-5-4(7(9,10)11)2-3-12-6(5)8/h2-3H,1H3. The van der Waals surface area contributed by atoms with Gasteiger partial charge in [-0.1, -0.05) is 0 Å². The molecule has 0 aromatic carbocycles. The Labute approximate surface area is 71.2 Å². The molecule has 1 heterocycles. The molecule has 1 aromatic heterocycles. The molecule has 0 saturated heterocycles. The van der Waals surface area contributed by atoms with Crippen LogP contribution in [0, 0.1) is 5.95 Å². The van der Waals surface area contributed by atoms with Crippen LogP contribution in [-0.2, 0) is 6.18 Å². The van der Waals surface area contributed by atoms with E-state index in [0.717, 1.165) is 13.3 Å². The average molecular weight is 195 g/mol. The summed E-state index contributed by atoms with van der Waals surface area (Å²) in [5.41, 5.74) is -1.16. The van der Waals surface area contributed by atoms with Crippen molar-refractivity contribution in [3.05, 3.63) is 23.8 Å². The van der Waals surface area contributed by atoms with E-state index in [0.29, 0.717) is 6.07 Å². The molecule has 0 spiro atoms. The molecule has 0 aliphatic rings. The first-order valence-corrected chi connectivity index (χ1v) is 3.22. The van der Waals surface area contributed by atoms with Crippen molar-refractivity contribution in [2.24, 2.45) is 0 Å². The first-order chi connectivity index (χ1) is 5.96. The van der Waals surface area contributed by atoms with Crippen LogP contribution in [0.4, 0.5) is 17.6 Å². The third kappa shape index (κ3) is 1.88. The van der Waals surface area contributed by atoms with E-state index in [1.807, 2.05) is 0 Å². The summed E-state index contributed by atoms with van der Waals surface area (Å²) in [6.07, 6.45) is -3.89. The molecule has 72 valence electrons. The van der Waals surface area contributed by atoms with Crippen molar-refractivity contribution in [3.8, 4) is 5.75 Å². The second kappa shape index (κ2) is 3.20. The fourth-order valence-corrected chi connectivity index (χ4v) is 0.840. The highest BCUT2D eigenvalue weighted by molar-refractivity contribution is 5.33. The minimum Gasteiger partial charge on any atom is -0.491 e. The molecule has 0 atom stereocenters. The van der Waals surface area contributed by atoms with Gasteiger partial charge >= 0.3 is 6.18 Å². The Kier molecular flexibility index (Phi) is 2.40. The van der Waals surface area contributed by atoms with E-state index in [1.54, 1.807) is 0 Å². The molecule has 6 heteroatoms. The molecule has 0 N–H and O–H groups in total. The number of alkyl halides is 3. The van der Waals surface area contributed by atoms with Crippen LogP contribution >= 0.6 is 0 Å². The Morgan fingerprint density at radius 1 is 1.38 bits per heavy atom. The number of rotatable bonds is 1. The highest BCUT2D eigenvalue weighted by atomic mass is 19.4. The molecule has 2 nitrogen and oxygen atoms in total. The average Bonchev–Trinajstić information content (AvgIpc) is 2.02. The van der Waals surface area contributed by atoms with Gasteiger partial charge in [0.15, 0.2) is 5.75 Å². The minimum atomic E-state index is -4.63. The van der Waals surface area contributed by atoms with Crippen molar-refractivity contribution >= 4 is 0 Å². The van der Waals surface area contributed by atoms with E-state index in [-0.39, 0.29) is 0 Å². The van der Waals surface area contributed by atoms with E-state index in [9.17, 15) is 17.6 Å². The van der Waals surface area contributed by atoms with E-state index < -0.39 is 23.4 Å². The molecule has 0 saturated carbocycles. The zero-order valence-electron chi connectivity index (χ0n) is 6.52. The third-order valence-electron chi connectivity index (χ3n) is 1.37. The summed E-state index contributed by atoms with van der Waals surface area (Å²) < 4.78 is 53.3. The number of nitrogens with zero attached hydrogens (tertiary/aromatic N) is 1. The molecule has 13 heavy (non-hydrogen) atoms. The highest BCUT2D eigenvalue weighted by Crippen LogP contribution is 2.36.